The summed E-state index contributed by atoms with van der Waals surface area (Å²) in [5, 5.41) is 4.08. The van der Waals surface area contributed by atoms with Crippen LogP contribution in [0.5, 0.6) is 0 Å². The molecule has 1 aliphatic heterocycles. The molecule has 16 heavy (non-hydrogen) atoms. The molecule has 88 valence electrons. The number of alkyl halides is 1. The number of nitrogens with zero attached hydrogens (tertiary/aromatic N) is 2. The fourth-order valence-corrected chi connectivity index (χ4v) is 2.37. The van der Waals surface area contributed by atoms with E-state index in [9.17, 15) is 4.39 Å². The van der Waals surface area contributed by atoms with Crippen LogP contribution in [0.15, 0.2) is 10.6 Å². The summed E-state index contributed by atoms with van der Waals surface area (Å²) < 4.78 is 17.8. The molecule has 2 aliphatic rings. The highest BCUT2D eigenvalue weighted by atomic mass is 19.1. The Bertz CT molecular complexity index is 362. The Morgan fingerprint density at radius 3 is 3.00 bits per heavy atom. The van der Waals surface area contributed by atoms with Crippen LogP contribution in [0.2, 0.25) is 0 Å². The van der Waals surface area contributed by atoms with E-state index in [0.29, 0.717) is 5.92 Å². The van der Waals surface area contributed by atoms with Gasteiger partial charge in [0.2, 0.25) is 0 Å². The van der Waals surface area contributed by atoms with Crippen molar-refractivity contribution in [2.45, 2.75) is 31.7 Å². The Balaban J connectivity index is 1.57. The fourth-order valence-electron chi connectivity index (χ4n) is 2.37. The molecular formula is C12H17FN2O. The van der Waals surface area contributed by atoms with Crippen LogP contribution < -0.4 is 0 Å². The van der Waals surface area contributed by atoms with Gasteiger partial charge in [-0.2, -0.15) is 0 Å². The maximum atomic E-state index is 12.5. The van der Waals surface area contributed by atoms with Gasteiger partial charge in [0.25, 0.3) is 0 Å². The third-order valence-electron chi connectivity index (χ3n) is 3.53. The van der Waals surface area contributed by atoms with Crippen LogP contribution in [0.1, 0.15) is 36.6 Å². The van der Waals surface area contributed by atoms with Gasteiger partial charge in [-0.1, -0.05) is 5.16 Å². The molecule has 4 heteroatoms. The lowest BCUT2D eigenvalue weighted by molar-refractivity contribution is 0.285. The number of rotatable bonds is 4. The number of aromatic nitrogens is 1. The van der Waals surface area contributed by atoms with E-state index in [1.807, 2.05) is 0 Å². The number of hydrogen-bond donors (Lipinski definition) is 0. The second-order valence-electron chi connectivity index (χ2n) is 5.04. The Hall–Kier alpha value is -0.900. The van der Waals surface area contributed by atoms with E-state index < -0.39 is 0 Å². The molecule has 2 heterocycles. The summed E-state index contributed by atoms with van der Waals surface area (Å²) >= 11 is 0. The molecule has 1 aromatic rings. The van der Waals surface area contributed by atoms with Gasteiger partial charge in [-0.3, -0.25) is 9.29 Å². The molecule has 0 radical (unpaired) electrons. The lowest BCUT2D eigenvalue weighted by Gasteiger charge is -2.12. The summed E-state index contributed by atoms with van der Waals surface area (Å²) in [4.78, 5) is 2.26. The van der Waals surface area contributed by atoms with Crippen LogP contribution in [0, 0.1) is 5.92 Å². The minimum absolute atomic E-state index is 0.192. The van der Waals surface area contributed by atoms with Gasteiger partial charge in [-0.15, -0.1) is 0 Å². The van der Waals surface area contributed by atoms with Gasteiger partial charge in [-0.25, -0.2) is 0 Å². The largest absolute Gasteiger partial charge is 0.361 e. The van der Waals surface area contributed by atoms with E-state index in [1.54, 1.807) is 0 Å². The molecular weight excluding hydrogens is 207 g/mol. The van der Waals surface area contributed by atoms with E-state index >= 15 is 0 Å². The Morgan fingerprint density at radius 1 is 1.44 bits per heavy atom. The summed E-state index contributed by atoms with van der Waals surface area (Å²) in [6.07, 6.45) is 3.45. The molecule has 3 rings (SSSR count). The van der Waals surface area contributed by atoms with Gasteiger partial charge >= 0.3 is 0 Å². The van der Waals surface area contributed by atoms with Crippen LogP contribution in [-0.2, 0) is 6.54 Å². The first-order chi connectivity index (χ1) is 7.85. The molecule has 1 atom stereocenters. The highest BCUT2D eigenvalue weighted by Crippen LogP contribution is 2.40. The molecule has 1 saturated carbocycles. The predicted octanol–water partition coefficient (Wildman–Crippen LogP) is 2.34. The lowest BCUT2D eigenvalue weighted by atomic mass is 10.1. The molecule has 1 aliphatic carbocycles. The second kappa shape index (κ2) is 4.17. The minimum Gasteiger partial charge on any atom is -0.361 e. The van der Waals surface area contributed by atoms with Gasteiger partial charge in [0, 0.05) is 31.0 Å². The highest BCUT2D eigenvalue weighted by Gasteiger charge is 2.28. The first-order valence-corrected chi connectivity index (χ1v) is 6.09. The zero-order valence-corrected chi connectivity index (χ0v) is 9.36. The highest BCUT2D eigenvalue weighted by molar-refractivity contribution is 5.14. The van der Waals surface area contributed by atoms with Crippen LogP contribution in [0.25, 0.3) is 0 Å². The molecule has 3 nitrogen and oxygen atoms in total. The Labute approximate surface area is 94.6 Å². The van der Waals surface area contributed by atoms with Gasteiger partial charge < -0.3 is 4.52 Å². The quantitative estimate of drug-likeness (QED) is 0.786. The molecule has 0 aromatic carbocycles. The average Bonchev–Trinajstić information content (AvgIpc) is 2.88. The van der Waals surface area contributed by atoms with Gasteiger partial charge in [0.05, 0.1) is 12.4 Å². The minimum atomic E-state index is -0.192. The summed E-state index contributed by atoms with van der Waals surface area (Å²) in [6.45, 7) is 2.47. The van der Waals surface area contributed by atoms with Crippen LogP contribution in [0.4, 0.5) is 4.39 Å². The monoisotopic (exact) mass is 224 g/mol. The van der Waals surface area contributed by atoms with Gasteiger partial charge in [-0.05, 0) is 25.8 Å². The summed E-state index contributed by atoms with van der Waals surface area (Å²) in [7, 11) is 0. The van der Waals surface area contributed by atoms with E-state index in [1.165, 1.54) is 12.8 Å². The van der Waals surface area contributed by atoms with Crippen molar-refractivity contribution in [3.05, 3.63) is 17.5 Å². The van der Waals surface area contributed by atoms with E-state index in [0.717, 1.165) is 37.5 Å². The van der Waals surface area contributed by atoms with Crippen LogP contribution in [-0.4, -0.2) is 29.8 Å². The molecule has 1 saturated heterocycles. The second-order valence-corrected chi connectivity index (χ2v) is 5.04. The molecule has 0 amide bonds. The maximum absolute atomic E-state index is 12.5. The number of likely N-dealkylation sites (tertiary alicyclic amines) is 1. The number of hydrogen-bond acceptors (Lipinski definition) is 3. The maximum Gasteiger partial charge on any atom is 0.140 e. The van der Waals surface area contributed by atoms with Crippen molar-refractivity contribution in [3.63, 3.8) is 0 Å². The normalized spacial score (nSPS) is 26.4. The van der Waals surface area contributed by atoms with Crippen LogP contribution in [0.3, 0.4) is 0 Å². The van der Waals surface area contributed by atoms with Gasteiger partial charge in [0.15, 0.2) is 0 Å². The van der Waals surface area contributed by atoms with E-state index in [4.69, 9.17) is 4.52 Å². The van der Waals surface area contributed by atoms with E-state index in [2.05, 4.69) is 16.1 Å². The van der Waals surface area contributed by atoms with Crippen molar-refractivity contribution in [1.29, 1.82) is 0 Å². The van der Waals surface area contributed by atoms with Crippen molar-refractivity contribution in [3.8, 4) is 0 Å². The molecule has 1 aromatic heterocycles. The third kappa shape index (κ3) is 2.12. The smallest absolute Gasteiger partial charge is 0.140 e. The van der Waals surface area contributed by atoms with Crippen molar-refractivity contribution in [1.82, 2.24) is 10.1 Å². The summed E-state index contributed by atoms with van der Waals surface area (Å²) in [6, 6.07) is 2.07. The van der Waals surface area contributed by atoms with Crippen molar-refractivity contribution in [2.75, 3.05) is 19.8 Å². The van der Waals surface area contributed by atoms with E-state index in [-0.39, 0.29) is 12.6 Å². The summed E-state index contributed by atoms with van der Waals surface area (Å²) in [5.74, 6) is 1.89. The predicted molar refractivity (Wildman–Crippen MR) is 57.8 cm³/mol. The summed E-state index contributed by atoms with van der Waals surface area (Å²) in [5.41, 5.74) is 1.00. The van der Waals surface area contributed by atoms with Crippen molar-refractivity contribution >= 4 is 0 Å². The van der Waals surface area contributed by atoms with Crippen molar-refractivity contribution < 1.29 is 8.91 Å². The Kier molecular flexibility index (Phi) is 2.67. The van der Waals surface area contributed by atoms with Crippen molar-refractivity contribution in [2.24, 2.45) is 5.92 Å². The molecule has 0 bridgehead atoms. The zero-order chi connectivity index (χ0) is 11.0. The lowest BCUT2D eigenvalue weighted by Crippen LogP contribution is -2.20. The number of halogens is 1. The standard InChI is InChI=1S/C12H17FN2O/c13-6-9-3-4-15(7-9)8-11-5-12(16-14-11)10-1-2-10/h5,9-10H,1-4,6-8H2. The molecule has 0 N–H and O–H groups in total. The fraction of sp³-hybridized carbons (Fsp3) is 0.750. The molecule has 0 spiro atoms. The molecule has 2 fully saturated rings. The van der Waals surface area contributed by atoms with Crippen LogP contribution >= 0.6 is 0 Å². The Morgan fingerprint density at radius 2 is 2.31 bits per heavy atom. The third-order valence-corrected chi connectivity index (χ3v) is 3.53. The SMILES string of the molecule is FCC1CCN(Cc2cc(C3CC3)on2)C1. The zero-order valence-electron chi connectivity index (χ0n) is 9.36. The first kappa shape index (κ1) is 10.3. The van der Waals surface area contributed by atoms with Gasteiger partial charge in [0.1, 0.15) is 5.76 Å². The first-order valence-electron chi connectivity index (χ1n) is 6.09. The topological polar surface area (TPSA) is 29.3 Å². The average molecular weight is 224 g/mol. The molecule has 1 unspecified atom stereocenters.